The van der Waals surface area contributed by atoms with Gasteiger partial charge in [0.25, 0.3) is 5.91 Å². The average Bonchev–Trinajstić information content (AvgIpc) is 3.33. The van der Waals surface area contributed by atoms with E-state index in [1.165, 1.54) is 5.56 Å². The highest BCUT2D eigenvalue weighted by atomic mass is 16.2. The Balaban J connectivity index is 1.61. The minimum absolute atomic E-state index is 0.00885. The number of nitrogens with zero attached hydrogens (tertiary/aromatic N) is 4. The van der Waals surface area contributed by atoms with Crippen LogP contribution in [0.25, 0.3) is 0 Å². The highest BCUT2D eigenvalue weighted by Crippen LogP contribution is 2.56. The van der Waals surface area contributed by atoms with Crippen LogP contribution in [-0.2, 0) is 11.2 Å². The van der Waals surface area contributed by atoms with Crippen LogP contribution in [0.15, 0.2) is 42.6 Å². The van der Waals surface area contributed by atoms with Crippen molar-refractivity contribution in [3.05, 3.63) is 53.9 Å². The summed E-state index contributed by atoms with van der Waals surface area (Å²) < 4.78 is 1.84. The number of likely N-dealkylation sites (tertiary alicyclic amines) is 2. The van der Waals surface area contributed by atoms with Crippen molar-refractivity contribution in [3.8, 4) is 0 Å². The maximum absolute atomic E-state index is 14.2. The molecule has 1 saturated carbocycles. The number of rotatable bonds is 4. The summed E-state index contributed by atoms with van der Waals surface area (Å²) in [6.45, 7) is 8.17. The zero-order valence-electron chi connectivity index (χ0n) is 20.3. The van der Waals surface area contributed by atoms with Gasteiger partial charge in [0.1, 0.15) is 5.69 Å². The Morgan fingerprint density at radius 2 is 1.73 bits per heavy atom. The van der Waals surface area contributed by atoms with Crippen LogP contribution >= 0.6 is 0 Å². The Bertz CT molecular complexity index is 1030. The van der Waals surface area contributed by atoms with Crippen molar-refractivity contribution in [1.82, 2.24) is 19.6 Å². The van der Waals surface area contributed by atoms with Gasteiger partial charge >= 0.3 is 0 Å². The first-order valence-corrected chi connectivity index (χ1v) is 12.5. The Kier molecular flexibility index (Phi) is 5.58. The third-order valence-corrected chi connectivity index (χ3v) is 8.47. The molecule has 0 N–H and O–H groups in total. The summed E-state index contributed by atoms with van der Waals surface area (Å²) in [4.78, 5) is 31.7. The first-order valence-electron chi connectivity index (χ1n) is 12.5. The van der Waals surface area contributed by atoms with Crippen molar-refractivity contribution in [1.29, 1.82) is 0 Å². The van der Waals surface area contributed by atoms with Crippen molar-refractivity contribution in [3.63, 3.8) is 0 Å². The number of carbonyl (C=O) groups excluding carboxylic acids is 2. The second-order valence-electron chi connectivity index (χ2n) is 10.7. The monoisotopic (exact) mass is 448 g/mol. The summed E-state index contributed by atoms with van der Waals surface area (Å²) in [5.41, 5.74) is 1.81. The van der Waals surface area contributed by atoms with E-state index < -0.39 is 0 Å². The van der Waals surface area contributed by atoms with Gasteiger partial charge in [0, 0.05) is 36.7 Å². The molecular weight excluding hydrogens is 412 g/mol. The zero-order chi connectivity index (χ0) is 23.3. The number of fused-ring (bicyclic) bond motifs is 1. The molecule has 2 bridgehead atoms. The molecule has 6 heteroatoms. The van der Waals surface area contributed by atoms with E-state index in [-0.39, 0.29) is 47.4 Å². The first kappa shape index (κ1) is 22.2. The first-order chi connectivity index (χ1) is 15.8. The van der Waals surface area contributed by atoms with E-state index in [0.717, 1.165) is 38.5 Å². The average molecular weight is 449 g/mol. The van der Waals surface area contributed by atoms with Crippen LogP contribution in [-0.4, -0.2) is 55.6 Å². The predicted molar refractivity (Wildman–Crippen MR) is 128 cm³/mol. The van der Waals surface area contributed by atoms with Crippen molar-refractivity contribution >= 4 is 11.8 Å². The van der Waals surface area contributed by atoms with Gasteiger partial charge in [-0.15, -0.1) is 0 Å². The standard InChI is InChI=1S/C27H36N4O2/c1-18(2)31-21(14-15-28-31)26(33)30-23-17-27(4)24(12-8-9-13-25(27)30)29(19(3)32)22(23)16-20-10-6-5-7-11-20/h5-7,10-11,14-15,18,22-25H,8-9,12-13,16-17H2,1-4H3/t22-,23-,24+,25-,27+/m0/s1. The molecular formula is C27H36N4O2. The maximum Gasteiger partial charge on any atom is 0.272 e. The SMILES string of the molecule is CC(=O)N1[C@@H](Cc2ccccc2)[C@@H]2C[C@@]3(C)[C@H](CCCC[C@@H]13)N2C(=O)c1ccnn1C(C)C. The molecule has 5 rings (SSSR count). The molecule has 1 aliphatic carbocycles. The zero-order valence-corrected chi connectivity index (χ0v) is 20.3. The Morgan fingerprint density at radius 1 is 1.06 bits per heavy atom. The lowest BCUT2D eigenvalue weighted by molar-refractivity contribution is -0.141. The molecule has 2 amide bonds. The molecule has 0 spiro atoms. The summed E-state index contributed by atoms with van der Waals surface area (Å²) in [6, 6.07) is 12.7. The molecule has 6 nitrogen and oxygen atoms in total. The third kappa shape index (κ3) is 3.49. The van der Waals surface area contributed by atoms with Crippen LogP contribution in [0.3, 0.4) is 0 Å². The van der Waals surface area contributed by atoms with Gasteiger partial charge in [0.05, 0.1) is 12.1 Å². The molecule has 33 heavy (non-hydrogen) atoms. The van der Waals surface area contributed by atoms with Crippen molar-refractivity contribution < 1.29 is 9.59 Å². The van der Waals surface area contributed by atoms with Crippen LogP contribution in [0.5, 0.6) is 0 Å². The molecule has 176 valence electrons. The van der Waals surface area contributed by atoms with Gasteiger partial charge in [0.2, 0.25) is 5.91 Å². The molecule has 5 atom stereocenters. The molecule has 1 aromatic carbocycles. The Hall–Kier alpha value is -2.63. The van der Waals surface area contributed by atoms with E-state index in [2.05, 4.69) is 59.9 Å². The number of aromatic nitrogens is 2. The van der Waals surface area contributed by atoms with E-state index in [1.807, 2.05) is 16.8 Å². The molecule has 2 aliphatic heterocycles. The lowest BCUT2D eigenvalue weighted by Gasteiger charge is -2.50. The molecule has 3 heterocycles. The third-order valence-electron chi connectivity index (χ3n) is 8.47. The summed E-state index contributed by atoms with van der Waals surface area (Å²) >= 11 is 0. The second-order valence-corrected chi connectivity index (χ2v) is 10.7. The van der Waals surface area contributed by atoms with Crippen molar-refractivity contribution in [2.75, 3.05) is 0 Å². The van der Waals surface area contributed by atoms with Gasteiger partial charge in [0.15, 0.2) is 0 Å². The highest BCUT2D eigenvalue weighted by Gasteiger charge is 2.63. The fraction of sp³-hybridized carbons (Fsp3) is 0.593. The van der Waals surface area contributed by atoms with Crippen LogP contribution in [0.1, 0.15) is 81.9 Å². The number of benzene rings is 1. The lowest BCUT2D eigenvalue weighted by atomic mass is 9.69. The molecule has 1 aromatic heterocycles. The molecule has 2 saturated heterocycles. The fourth-order valence-corrected chi connectivity index (χ4v) is 7.12. The van der Waals surface area contributed by atoms with Crippen molar-refractivity contribution in [2.45, 2.75) is 96.4 Å². The van der Waals surface area contributed by atoms with Gasteiger partial charge in [-0.25, -0.2) is 0 Å². The normalized spacial score (nSPS) is 31.1. The number of piperidine rings is 1. The Morgan fingerprint density at radius 3 is 2.36 bits per heavy atom. The van der Waals surface area contributed by atoms with Gasteiger partial charge in [-0.05, 0) is 51.2 Å². The van der Waals surface area contributed by atoms with Crippen LogP contribution in [0.4, 0.5) is 0 Å². The maximum atomic E-state index is 14.2. The molecule has 3 fully saturated rings. The molecule has 2 aromatic rings. The highest BCUT2D eigenvalue weighted by molar-refractivity contribution is 5.93. The number of carbonyl (C=O) groups is 2. The van der Waals surface area contributed by atoms with E-state index in [9.17, 15) is 9.59 Å². The number of hydrogen-bond donors (Lipinski definition) is 0. The predicted octanol–water partition coefficient (Wildman–Crippen LogP) is 4.47. The van der Waals surface area contributed by atoms with Gasteiger partial charge in [-0.1, -0.05) is 50.1 Å². The smallest absolute Gasteiger partial charge is 0.272 e. The van der Waals surface area contributed by atoms with Gasteiger partial charge in [-0.2, -0.15) is 5.10 Å². The van der Waals surface area contributed by atoms with Crippen LogP contribution < -0.4 is 0 Å². The number of amides is 2. The van der Waals surface area contributed by atoms with Crippen LogP contribution in [0, 0.1) is 5.41 Å². The topological polar surface area (TPSA) is 58.4 Å². The molecule has 0 radical (unpaired) electrons. The van der Waals surface area contributed by atoms with E-state index in [4.69, 9.17) is 0 Å². The van der Waals surface area contributed by atoms with Crippen molar-refractivity contribution in [2.24, 2.45) is 5.41 Å². The summed E-state index contributed by atoms with van der Waals surface area (Å²) in [5.74, 6) is 0.211. The Labute approximate surface area is 196 Å². The molecule has 3 aliphatic rings. The van der Waals surface area contributed by atoms with Gasteiger partial charge < -0.3 is 9.80 Å². The summed E-state index contributed by atoms with van der Waals surface area (Å²) in [7, 11) is 0. The minimum Gasteiger partial charge on any atom is -0.334 e. The van der Waals surface area contributed by atoms with E-state index in [0.29, 0.717) is 5.69 Å². The van der Waals surface area contributed by atoms with E-state index in [1.54, 1.807) is 13.1 Å². The minimum atomic E-state index is -0.0711. The number of hydrogen-bond acceptors (Lipinski definition) is 3. The van der Waals surface area contributed by atoms with Crippen LogP contribution in [0.2, 0.25) is 0 Å². The van der Waals surface area contributed by atoms with E-state index >= 15 is 0 Å². The van der Waals surface area contributed by atoms with Gasteiger partial charge in [-0.3, -0.25) is 14.3 Å². The molecule has 0 unspecified atom stereocenters. The largest absolute Gasteiger partial charge is 0.334 e. The summed E-state index contributed by atoms with van der Waals surface area (Å²) in [6.07, 6.45) is 7.71. The lowest BCUT2D eigenvalue weighted by Crippen LogP contribution is -2.61. The quantitative estimate of drug-likeness (QED) is 0.693. The fourth-order valence-electron chi connectivity index (χ4n) is 7.12. The summed E-state index contributed by atoms with van der Waals surface area (Å²) in [5, 5.41) is 4.44. The second kappa shape index (κ2) is 8.30.